The number of rotatable bonds is 4. The third-order valence-corrected chi connectivity index (χ3v) is 7.39. The van der Waals surface area contributed by atoms with Crippen molar-refractivity contribution in [1.29, 1.82) is 0 Å². The van der Waals surface area contributed by atoms with Crippen LogP contribution in [0.3, 0.4) is 0 Å². The third-order valence-electron chi connectivity index (χ3n) is 6.86. The molecule has 33 heavy (non-hydrogen) atoms. The van der Waals surface area contributed by atoms with Crippen LogP contribution in [-0.4, -0.2) is 41.4 Å². The molecule has 2 aliphatic rings. The van der Waals surface area contributed by atoms with E-state index in [9.17, 15) is 15.0 Å². The first-order valence-corrected chi connectivity index (χ1v) is 11.3. The van der Waals surface area contributed by atoms with Gasteiger partial charge in [-0.05, 0) is 23.3 Å². The maximum absolute atomic E-state index is 13.2. The van der Waals surface area contributed by atoms with Gasteiger partial charge in [0.15, 0.2) is 11.2 Å². The number of carbonyl (C=O) groups excluding carboxylic acids is 1. The summed E-state index contributed by atoms with van der Waals surface area (Å²) in [5.74, 6) is -1.55. The van der Waals surface area contributed by atoms with Crippen molar-refractivity contribution in [3.63, 3.8) is 0 Å². The molecule has 1 amide bonds. The molecular formula is C25H23BrN2O5. The molecule has 1 aromatic heterocycles. The monoisotopic (exact) mass is 510 g/mol. The number of methoxy groups -OCH3 is 1. The second kappa shape index (κ2) is 7.83. The first-order valence-electron chi connectivity index (χ1n) is 10.5. The van der Waals surface area contributed by atoms with E-state index in [1.54, 1.807) is 0 Å². The van der Waals surface area contributed by atoms with Crippen molar-refractivity contribution in [2.45, 2.75) is 23.2 Å². The standard InChI is InChI=1S/C25H23BrN2O5/c1-27-23(30)19-20(14-6-4-3-5-7-14)25(15-8-10-16(26)11-9-15)24(31,22(19)29)21-17(32-2)12-28-13-18(21)33-25/h3-13,19-20,22,29,31H,1-2H3,(H,27,30)/t19?,20-,22-,24+,25+/m1/s1. The summed E-state index contributed by atoms with van der Waals surface area (Å²) in [6.07, 6.45) is 1.47. The van der Waals surface area contributed by atoms with Crippen molar-refractivity contribution in [3.8, 4) is 11.5 Å². The van der Waals surface area contributed by atoms with E-state index in [1.165, 1.54) is 26.6 Å². The van der Waals surface area contributed by atoms with E-state index in [2.05, 4.69) is 26.2 Å². The summed E-state index contributed by atoms with van der Waals surface area (Å²) >= 11 is 3.46. The molecule has 170 valence electrons. The Labute approximate surface area is 199 Å². The fourth-order valence-electron chi connectivity index (χ4n) is 5.55. The largest absolute Gasteiger partial charge is 0.495 e. The number of nitrogens with one attached hydrogen (secondary N) is 1. The fraction of sp³-hybridized carbons (Fsp3) is 0.280. The van der Waals surface area contributed by atoms with E-state index in [1.807, 2.05) is 54.6 Å². The number of fused-ring (bicyclic) bond motifs is 3. The lowest BCUT2D eigenvalue weighted by molar-refractivity contribution is -0.154. The van der Waals surface area contributed by atoms with Crippen LogP contribution < -0.4 is 14.8 Å². The molecule has 1 unspecified atom stereocenters. The molecule has 0 spiro atoms. The van der Waals surface area contributed by atoms with Crippen LogP contribution >= 0.6 is 15.9 Å². The number of hydrogen-bond acceptors (Lipinski definition) is 6. The minimum Gasteiger partial charge on any atom is -0.495 e. The number of carbonyl (C=O) groups is 1. The lowest BCUT2D eigenvalue weighted by Gasteiger charge is -2.40. The molecule has 0 saturated heterocycles. The summed E-state index contributed by atoms with van der Waals surface area (Å²) in [5.41, 5.74) is -1.87. The van der Waals surface area contributed by atoms with Crippen molar-refractivity contribution in [2.75, 3.05) is 14.2 Å². The zero-order chi connectivity index (χ0) is 23.4. The third kappa shape index (κ3) is 2.81. The van der Waals surface area contributed by atoms with Crippen LogP contribution in [0.2, 0.25) is 0 Å². The Kier molecular flexibility index (Phi) is 5.19. The molecule has 5 rings (SSSR count). The van der Waals surface area contributed by atoms with Crippen molar-refractivity contribution in [3.05, 3.63) is 88.2 Å². The average molecular weight is 511 g/mol. The minimum atomic E-state index is -2.00. The number of aliphatic hydroxyl groups is 2. The summed E-state index contributed by atoms with van der Waals surface area (Å²) in [6, 6.07) is 16.7. The zero-order valence-corrected chi connectivity index (χ0v) is 19.6. The van der Waals surface area contributed by atoms with E-state index in [-0.39, 0.29) is 11.3 Å². The molecule has 7 nitrogen and oxygen atoms in total. The smallest absolute Gasteiger partial charge is 0.226 e. The molecule has 8 heteroatoms. The molecule has 3 aromatic rings. The van der Waals surface area contributed by atoms with Gasteiger partial charge in [-0.2, -0.15) is 0 Å². The van der Waals surface area contributed by atoms with Crippen LogP contribution in [0.4, 0.5) is 0 Å². The number of pyridine rings is 1. The summed E-state index contributed by atoms with van der Waals surface area (Å²) < 4.78 is 13.0. The van der Waals surface area contributed by atoms with Crippen LogP contribution in [0.1, 0.15) is 22.6 Å². The second-order valence-corrected chi connectivity index (χ2v) is 9.21. The van der Waals surface area contributed by atoms with E-state index in [0.29, 0.717) is 11.3 Å². The summed E-state index contributed by atoms with van der Waals surface area (Å²) in [5, 5.41) is 26.9. The second-order valence-electron chi connectivity index (χ2n) is 8.30. The van der Waals surface area contributed by atoms with Crippen molar-refractivity contribution >= 4 is 21.8 Å². The Morgan fingerprint density at radius 3 is 2.48 bits per heavy atom. The number of hydrogen-bond donors (Lipinski definition) is 3. The molecule has 1 aliphatic heterocycles. The van der Waals surface area contributed by atoms with Crippen molar-refractivity contribution < 1.29 is 24.5 Å². The van der Waals surface area contributed by atoms with E-state index < -0.39 is 35.0 Å². The highest BCUT2D eigenvalue weighted by Crippen LogP contribution is 2.69. The lowest BCUT2D eigenvalue weighted by atomic mass is 9.70. The van der Waals surface area contributed by atoms with Gasteiger partial charge in [-0.3, -0.25) is 9.78 Å². The maximum Gasteiger partial charge on any atom is 0.226 e. The van der Waals surface area contributed by atoms with Crippen molar-refractivity contribution in [2.24, 2.45) is 5.92 Å². The molecule has 3 N–H and O–H groups in total. The predicted octanol–water partition coefficient (Wildman–Crippen LogP) is 2.85. The van der Waals surface area contributed by atoms with Crippen LogP contribution in [0.5, 0.6) is 11.5 Å². The van der Waals surface area contributed by atoms with Gasteiger partial charge in [0.05, 0.1) is 31.0 Å². The highest BCUT2D eigenvalue weighted by atomic mass is 79.9. The van der Waals surface area contributed by atoms with E-state index in [0.717, 1.165) is 10.0 Å². The summed E-state index contributed by atoms with van der Waals surface area (Å²) in [4.78, 5) is 17.4. The predicted molar refractivity (Wildman–Crippen MR) is 124 cm³/mol. The molecule has 0 radical (unpaired) electrons. The van der Waals surface area contributed by atoms with Gasteiger partial charge in [0.25, 0.3) is 0 Å². The Bertz CT molecular complexity index is 1210. The minimum absolute atomic E-state index is 0.275. The first kappa shape index (κ1) is 21.9. The molecular weight excluding hydrogens is 488 g/mol. The number of nitrogens with zero attached hydrogens (tertiary/aromatic N) is 1. The topological polar surface area (TPSA) is 101 Å². The molecule has 0 bridgehead atoms. The van der Waals surface area contributed by atoms with Crippen molar-refractivity contribution in [1.82, 2.24) is 10.3 Å². The molecule has 1 aliphatic carbocycles. The maximum atomic E-state index is 13.2. The van der Waals surface area contributed by atoms with E-state index >= 15 is 0 Å². The normalized spacial score (nSPS) is 29.7. The number of halogens is 1. The van der Waals surface area contributed by atoms with Gasteiger partial charge in [0, 0.05) is 17.4 Å². The van der Waals surface area contributed by atoms with Crippen LogP contribution in [0.25, 0.3) is 0 Å². The van der Waals surface area contributed by atoms with Gasteiger partial charge in [0.1, 0.15) is 17.6 Å². The number of benzene rings is 2. The molecule has 1 saturated carbocycles. The number of aliphatic hydroxyl groups excluding tert-OH is 1. The number of aromatic nitrogens is 1. The number of amides is 1. The Balaban J connectivity index is 1.89. The van der Waals surface area contributed by atoms with Gasteiger partial charge in [-0.1, -0.05) is 58.4 Å². The SMILES string of the molecule is CNC(=O)C1[C@@H](O)[C@@]2(O)c3c(OC)cncc3O[C@@]2(c2ccc(Br)cc2)[C@@H]1c1ccccc1. The first-order chi connectivity index (χ1) is 15.9. The van der Waals surface area contributed by atoms with Crippen LogP contribution in [0, 0.1) is 5.92 Å². The molecule has 2 heterocycles. The Morgan fingerprint density at radius 2 is 1.85 bits per heavy atom. The Hall–Kier alpha value is -2.94. The average Bonchev–Trinajstić information content (AvgIpc) is 3.22. The number of ether oxygens (including phenoxy) is 2. The van der Waals surface area contributed by atoms with Gasteiger partial charge in [0.2, 0.25) is 5.91 Å². The Morgan fingerprint density at radius 1 is 1.15 bits per heavy atom. The molecule has 2 aromatic carbocycles. The zero-order valence-electron chi connectivity index (χ0n) is 18.0. The van der Waals surface area contributed by atoms with Crippen LogP contribution in [-0.2, 0) is 16.0 Å². The van der Waals surface area contributed by atoms with Gasteiger partial charge in [-0.15, -0.1) is 0 Å². The van der Waals surface area contributed by atoms with Gasteiger partial charge < -0.3 is 25.0 Å². The van der Waals surface area contributed by atoms with Gasteiger partial charge >= 0.3 is 0 Å². The van der Waals surface area contributed by atoms with E-state index in [4.69, 9.17) is 9.47 Å². The molecule has 1 fully saturated rings. The molecule has 5 atom stereocenters. The summed E-state index contributed by atoms with van der Waals surface area (Å²) in [7, 11) is 2.98. The summed E-state index contributed by atoms with van der Waals surface area (Å²) in [6.45, 7) is 0. The lowest BCUT2D eigenvalue weighted by Crippen LogP contribution is -2.52. The quantitative estimate of drug-likeness (QED) is 0.498. The van der Waals surface area contributed by atoms with Crippen LogP contribution in [0.15, 0.2) is 71.5 Å². The fourth-order valence-corrected chi connectivity index (χ4v) is 5.82. The van der Waals surface area contributed by atoms with Gasteiger partial charge in [-0.25, -0.2) is 0 Å². The highest BCUT2D eigenvalue weighted by Gasteiger charge is 2.78. The highest BCUT2D eigenvalue weighted by molar-refractivity contribution is 9.10.